The van der Waals surface area contributed by atoms with Crippen LogP contribution < -0.4 is 0 Å². The smallest absolute Gasteiger partial charge is 0.338 e. The second-order valence-electron chi connectivity index (χ2n) is 4.99. The van der Waals surface area contributed by atoms with Gasteiger partial charge in [0.15, 0.2) is 0 Å². The number of aliphatic imine (C=N–C) groups is 1. The summed E-state index contributed by atoms with van der Waals surface area (Å²) >= 11 is 0. The Morgan fingerprint density at radius 2 is 1.76 bits per heavy atom. The molecule has 0 saturated heterocycles. The Hall–Kier alpha value is -2.42. The van der Waals surface area contributed by atoms with Crippen molar-refractivity contribution in [2.45, 2.75) is 19.8 Å². The Kier molecular flexibility index (Phi) is 5.27. The molecule has 3 heteroatoms. The van der Waals surface area contributed by atoms with Gasteiger partial charge in [0.1, 0.15) is 6.61 Å². The summed E-state index contributed by atoms with van der Waals surface area (Å²) in [6.07, 6.45) is 1.63. The summed E-state index contributed by atoms with van der Waals surface area (Å²) in [6, 6.07) is 16.9. The number of benzene rings is 2. The molecule has 0 fully saturated rings. The van der Waals surface area contributed by atoms with Crippen molar-refractivity contribution < 1.29 is 9.53 Å². The molecular weight excluding hydrogens is 262 g/mol. The Labute approximate surface area is 125 Å². The van der Waals surface area contributed by atoms with Crippen molar-refractivity contribution in [3.05, 3.63) is 65.7 Å². The van der Waals surface area contributed by atoms with Crippen molar-refractivity contribution in [1.82, 2.24) is 0 Å². The minimum atomic E-state index is -0.334. The van der Waals surface area contributed by atoms with Crippen LogP contribution in [0.2, 0.25) is 0 Å². The van der Waals surface area contributed by atoms with Crippen molar-refractivity contribution in [3.63, 3.8) is 0 Å². The normalized spacial score (nSPS) is 11.0. The molecule has 2 aromatic rings. The average molecular weight is 281 g/mol. The number of carbonyl (C=O) groups excluding carboxylic acids is 1. The highest BCUT2D eigenvalue weighted by Crippen LogP contribution is 2.25. The van der Waals surface area contributed by atoms with Gasteiger partial charge in [-0.05, 0) is 29.7 Å². The van der Waals surface area contributed by atoms with E-state index in [1.807, 2.05) is 36.4 Å². The van der Waals surface area contributed by atoms with Crippen LogP contribution in [0, 0.1) is 0 Å². The first kappa shape index (κ1) is 15.0. The lowest BCUT2D eigenvalue weighted by molar-refractivity contribution is 0.0567. The average Bonchev–Trinajstić information content (AvgIpc) is 2.52. The van der Waals surface area contributed by atoms with Gasteiger partial charge in [-0.1, -0.05) is 50.2 Å². The first-order chi connectivity index (χ1) is 10.2. The number of rotatable bonds is 5. The van der Waals surface area contributed by atoms with Crippen LogP contribution >= 0.6 is 0 Å². The van der Waals surface area contributed by atoms with E-state index in [2.05, 4.69) is 24.9 Å². The summed E-state index contributed by atoms with van der Waals surface area (Å²) in [6.45, 7) is 4.42. The summed E-state index contributed by atoms with van der Waals surface area (Å²) < 4.78 is 5.16. The van der Waals surface area contributed by atoms with Crippen LogP contribution in [-0.4, -0.2) is 18.8 Å². The predicted molar refractivity (Wildman–Crippen MR) is 85.4 cm³/mol. The fourth-order valence-electron chi connectivity index (χ4n) is 2.00. The third kappa shape index (κ3) is 4.28. The topological polar surface area (TPSA) is 38.7 Å². The summed E-state index contributed by atoms with van der Waals surface area (Å²) in [7, 11) is 0. The van der Waals surface area contributed by atoms with Crippen LogP contribution in [-0.2, 0) is 4.74 Å². The van der Waals surface area contributed by atoms with Crippen molar-refractivity contribution in [3.8, 4) is 0 Å². The standard InChI is InChI=1S/C18H19NO2/c1-14(2)16-10-6-7-11-17(16)19-12-13-21-18(20)15-8-4-3-5-9-15/h3-12,14H,13H2,1-2H3. The number of carbonyl (C=O) groups is 1. The molecule has 21 heavy (non-hydrogen) atoms. The van der Waals surface area contributed by atoms with Crippen molar-refractivity contribution >= 4 is 17.9 Å². The van der Waals surface area contributed by atoms with Gasteiger partial charge in [-0.3, -0.25) is 4.99 Å². The monoisotopic (exact) mass is 281 g/mol. The van der Waals surface area contributed by atoms with Gasteiger partial charge in [0.05, 0.1) is 11.3 Å². The van der Waals surface area contributed by atoms with Gasteiger partial charge >= 0.3 is 5.97 Å². The van der Waals surface area contributed by atoms with Gasteiger partial charge in [0.25, 0.3) is 0 Å². The molecule has 0 saturated carbocycles. The number of nitrogens with zero attached hydrogens (tertiary/aromatic N) is 1. The Morgan fingerprint density at radius 3 is 2.48 bits per heavy atom. The first-order valence-corrected chi connectivity index (χ1v) is 7.02. The maximum absolute atomic E-state index is 11.7. The predicted octanol–water partition coefficient (Wildman–Crippen LogP) is 4.37. The molecule has 0 aliphatic heterocycles. The van der Waals surface area contributed by atoms with E-state index in [-0.39, 0.29) is 12.6 Å². The number of hydrogen-bond donors (Lipinski definition) is 0. The van der Waals surface area contributed by atoms with E-state index >= 15 is 0 Å². The van der Waals surface area contributed by atoms with Crippen LogP contribution in [0.1, 0.15) is 35.7 Å². The highest BCUT2D eigenvalue weighted by molar-refractivity contribution is 5.90. The first-order valence-electron chi connectivity index (χ1n) is 7.02. The lowest BCUT2D eigenvalue weighted by Gasteiger charge is -2.08. The van der Waals surface area contributed by atoms with Gasteiger partial charge in [-0.2, -0.15) is 0 Å². The Balaban J connectivity index is 1.93. The summed E-state index contributed by atoms with van der Waals surface area (Å²) in [5.74, 6) is 0.0735. The zero-order chi connectivity index (χ0) is 15.1. The van der Waals surface area contributed by atoms with Gasteiger partial charge in [-0.15, -0.1) is 0 Å². The van der Waals surface area contributed by atoms with Crippen LogP contribution in [0.3, 0.4) is 0 Å². The number of para-hydroxylation sites is 1. The fourth-order valence-corrected chi connectivity index (χ4v) is 2.00. The third-order valence-corrected chi connectivity index (χ3v) is 3.09. The van der Waals surface area contributed by atoms with E-state index in [1.165, 1.54) is 5.56 Å². The largest absolute Gasteiger partial charge is 0.456 e. The molecule has 0 atom stereocenters. The number of esters is 1. The molecule has 2 aromatic carbocycles. The van der Waals surface area contributed by atoms with E-state index in [0.717, 1.165) is 5.69 Å². The Bertz CT molecular complexity index is 618. The van der Waals surface area contributed by atoms with Crippen LogP contribution in [0.5, 0.6) is 0 Å². The summed E-state index contributed by atoms with van der Waals surface area (Å²) in [5, 5.41) is 0. The maximum Gasteiger partial charge on any atom is 0.338 e. The zero-order valence-electron chi connectivity index (χ0n) is 12.3. The van der Waals surface area contributed by atoms with Crippen LogP contribution in [0.25, 0.3) is 0 Å². The van der Waals surface area contributed by atoms with E-state index in [1.54, 1.807) is 18.3 Å². The fraction of sp³-hybridized carbons (Fsp3) is 0.222. The molecule has 0 N–H and O–H groups in total. The molecule has 0 unspecified atom stereocenters. The summed E-state index contributed by atoms with van der Waals surface area (Å²) in [4.78, 5) is 16.1. The van der Waals surface area contributed by atoms with Crippen molar-refractivity contribution in [1.29, 1.82) is 0 Å². The van der Waals surface area contributed by atoms with Crippen LogP contribution in [0.15, 0.2) is 59.6 Å². The lowest BCUT2D eigenvalue weighted by atomic mass is 10.0. The molecular formula is C18H19NO2. The van der Waals surface area contributed by atoms with Crippen molar-refractivity contribution in [2.75, 3.05) is 6.61 Å². The summed E-state index contributed by atoms with van der Waals surface area (Å²) in [5.41, 5.74) is 2.65. The SMILES string of the molecule is CC(C)c1ccccc1N=CCOC(=O)c1ccccc1. The maximum atomic E-state index is 11.7. The van der Waals surface area contributed by atoms with E-state index in [4.69, 9.17) is 4.74 Å². The molecule has 3 nitrogen and oxygen atoms in total. The quantitative estimate of drug-likeness (QED) is 0.603. The number of ether oxygens (including phenoxy) is 1. The van der Waals surface area contributed by atoms with Gasteiger partial charge < -0.3 is 4.74 Å². The molecule has 0 radical (unpaired) electrons. The molecule has 0 amide bonds. The van der Waals surface area contributed by atoms with E-state index < -0.39 is 0 Å². The van der Waals surface area contributed by atoms with Crippen molar-refractivity contribution in [2.24, 2.45) is 4.99 Å². The molecule has 0 bridgehead atoms. The lowest BCUT2D eigenvalue weighted by Crippen LogP contribution is -2.06. The molecule has 0 heterocycles. The molecule has 0 aliphatic rings. The van der Waals surface area contributed by atoms with E-state index in [0.29, 0.717) is 11.5 Å². The number of hydrogen-bond acceptors (Lipinski definition) is 3. The third-order valence-electron chi connectivity index (χ3n) is 3.09. The van der Waals surface area contributed by atoms with E-state index in [9.17, 15) is 4.79 Å². The highest BCUT2D eigenvalue weighted by atomic mass is 16.5. The molecule has 0 spiro atoms. The minimum absolute atomic E-state index is 0.167. The Morgan fingerprint density at radius 1 is 1.10 bits per heavy atom. The minimum Gasteiger partial charge on any atom is -0.456 e. The molecule has 2 rings (SSSR count). The molecule has 0 aromatic heterocycles. The highest BCUT2D eigenvalue weighted by Gasteiger charge is 2.05. The second kappa shape index (κ2) is 7.39. The molecule has 0 aliphatic carbocycles. The van der Waals surface area contributed by atoms with Gasteiger partial charge in [-0.25, -0.2) is 4.79 Å². The van der Waals surface area contributed by atoms with Gasteiger partial charge in [0.2, 0.25) is 0 Å². The van der Waals surface area contributed by atoms with Crippen LogP contribution in [0.4, 0.5) is 5.69 Å². The van der Waals surface area contributed by atoms with Gasteiger partial charge in [0, 0.05) is 6.21 Å². The zero-order valence-corrected chi connectivity index (χ0v) is 12.3. The second-order valence-corrected chi connectivity index (χ2v) is 4.99. The molecule has 108 valence electrons.